The second kappa shape index (κ2) is 8.37. The molecule has 0 saturated heterocycles. The highest BCUT2D eigenvalue weighted by Crippen LogP contribution is 2.19. The Bertz CT molecular complexity index is 799. The number of carbonyl (C=O) groups excluding carboxylic acids is 1. The van der Waals surface area contributed by atoms with E-state index in [4.69, 9.17) is 4.74 Å². The zero-order valence-corrected chi connectivity index (χ0v) is 15.1. The Morgan fingerprint density at radius 1 is 1.28 bits per heavy atom. The van der Waals surface area contributed by atoms with Gasteiger partial charge in [0.05, 0.1) is 19.2 Å². The van der Waals surface area contributed by atoms with Crippen molar-refractivity contribution < 1.29 is 9.53 Å². The molecule has 6 nitrogen and oxygen atoms in total. The Balaban J connectivity index is 1.96. The third kappa shape index (κ3) is 5.11. The summed E-state index contributed by atoms with van der Waals surface area (Å²) in [6.07, 6.45) is 0. The van der Waals surface area contributed by atoms with Crippen LogP contribution in [0.4, 0.5) is 4.79 Å². The molecule has 0 fully saturated rings. The van der Waals surface area contributed by atoms with Crippen LogP contribution in [0.3, 0.4) is 0 Å². The molecular weight excluding hydrogens is 318 g/mol. The average Bonchev–Trinajstić information content (AvgIpc) is 2.54. The lowest BCUT2D eigenvalue weighted by molar-refractivity contribution is 0.237. The van der Waals surface area contributed by atoms with Crippen molar-refractivity contribution in [3.8, 4) is 5.75 Å². The molecule has 0 radical (unpaired) electrons. The van der Waals surface area contributed by atoms with Crippen LogP contribution >= 0.6 is 0 Å². The molecule has 1 atom stereocenters. The fourth-order valence-corrected chi connectivity index (χ4v) is 2.64. The number of nitrogens with one attached hydrogen (secondary N) is 3. The van der Waals surface area contributed by atoms with Gasteiger partial charge in [0.1, 0.15) is 5.75 Å². The van der Waals surface area contributed by atoms with Crippen molar-refractivity contribution in [3.05, 3.63) is 63.1 Å². The molecule has 25 heavy (non-hydrogen) atoms. The van der Waals surface area contributed by atoms with Crippen molar-refractivity contribution in [2.24, 2.45) is 0 Å². The summed E-state index contributed by atoms with van der Waals surface area (Å²) in [4.78, 5) is 26.9. The molecule has 0 saturated carbocycles. The third-order valence-corrected chi connectivity index (χ3v) is 3.94. The number of amides is 2. The maximum Gasteiger partial charge on any atom is 0.315 e. The number of benzene rings is 1. The molecule has 2 amide bonds. The van der Waals surface area contributed by atoms with Gasteiger partial charge in [-0.25, -0.2) is 4.79 Å². The summed E-state index contributed by atoms with van der Waals surface area (Å²) >= 11 is 0. The Morgan fingerprint density at radius 3 is 2.72 bits per heavy atom. The van der Waals surface area contributed by atoms with E-state index in [-0.39, 0.29) is 24.2 Å². The summed E-state index contributed by atoms with van der Waals surface area (Å²) in [5.74, 6) is 0.774. The molecule has 0 unspecified atom stereocenters. The number of urea groups is 1. The highest BCUT2D eigenvalue weighted by molar-refractivity contribution is 5.74. The summed E-state index contributed by atoms with van der Waals surface area (Å²) in [5, 5.41) is 5.61. The zero-order valence-electron chi connectivity index (χ0n) is 15.1. The van der Waals surface area contributed by atoms with Gasteiger partial charge in [0.15, 0.2) is 0 Å². The van der Waals surface area contributed by atoms with Gasteiger partial charge in [-0.2, -0.15) is 0 Å². The Morgan fingerprint density at radius 2 is 2.04 bits per heavy atom. The second-order valence-corrected chi connectivity index (χ2v) is 6.00. The van der Waals surface area contributed by atoms with Crippen molar-refractivity contribution >= 4 is 6.03 Å². The molecule has 0 aliphatic heterocycles. The summed E-state index contributed by atoms with van der Waals surface area (Å²) in [6, 6.07) is 8.99. The van der Waals surface area contributed by atoms with Crippen LogP contribution in [0, 0.1) is 13.8 Å². The molecule has 1 aromatic carbocycles. The number of aromatic amines is 1. The van der Waals surface area contributed by atoms with E-state index in [0.717, 1.165) is 22.6 Å². The molecule has 134 valence electrons. The van der Waals surface area contributed by atoms with Crippen molar-refractivity contribution in [1.82, 2.24) is 15.6 Å². The number of aromatic nitrogens is 1. The largest absolute Gasteiger partial charge is 0.494 e. The van der Waals surface area contributed by atoms with E-state index in [2.05, 4.69) is 15.6 Å². The van der Waals surface area contributed by atoms with Gasteiger partial charge in [0.2, 0.25) is 0 Å². The van der Waals surface area contributed by atoms with Crippen LogP contribution in [-0.2, 0) is 6.54 Å². The van der Waals surface area contributed by atoms with E-state index in [1.807, 2.05) is 58.0 Å². The van der Waals surface area contributed by atoms with Crippen LogP contribution < -0.4 is 20.9 Å². The number of H-pyrrole nitrogens is 1. The summed E-state index contributed by atoms with van der Waals surface area (Å²) in [7, 11) is 0. The fourth-order valence-electron chi connectivity index (χ4n) is 2.64. The molecule has 3 N–H and O–H groups in total. The Kier molecular flexibility index (Phi) is 6.22. The monoisotopic (exact) mass is 343 g/mol. The predicted octanol–water partition coefficient (Wildman–Crippen LogP) is 2.95. The summed E-state index contributed by atoms with van der Waals surface area (Å²) < 4.78 is 5.48. The minimum Gasteiger partial charge on any atom is -0.494 e. The first-order valence-corrected chi connectivity index (χ1v) is 8.37. The van der Waals surface area contributed by atoms with Crippen molar-refractivity contribution in [2.45, 2.75) is 40.3 Å². The lowest BCUT2D eigenvalue weighted by Crippen LogP contribution is -2.38. The molecule has 0 aliphatic carbocycles. The van der Waals surface area contributed by atoms with E-state index < -0.39 is 0 Å². The molecule has 0 aliphatic rings. The first kappa shape index (κ1) is 18.6. The predicted molar refractivity (Wildman–Crippen MR) is 97.9 cm³/mol. The second-order valence-electron chi connectivity index (χ2n) is 6.00. The van der Waals surface area contributed by atoms with Gasteiger partial charge in [-0.05, 0) is 57.0 Å². The first-order chi connectivity index (χ1) is 11.9. The number of ether oxygens (including phenoxy) is 1. The van der Waals surface area contributed by atoms with Gasteiger partial charge in [-0.15, -0.1) is 0 Å². The molecule has 6 heteroatoms. The lowest BCUT2D eigenvalue weighted by atomic mass is 10.1. The van der Waals surface area contributed by atoms with E-state index in [1.54, 1.807) is 0 Å². The fraction of sp³-hybridized carbons (Fsp3) is 0.368. The number of pyridine rings is 1. The van der Waals surface area contributed by atoms with Crippen LogP contribution in [0.15, 0.2) is 35.1 Å². The Labute approximate surface area is 147 Å². The van der Waals surface area contributed by atoms with Crippen molar-refractivity contribution in [3.63, 3.8) is 0 Å². The van der Waals surface area contributed by atoms with Gasteiger partial charge >= 0.3 is 6.03 Å². The highest BCUT2D eigenvalue weighted by Gasteiger charge is 2.12. The topological polar surface area (TPSA) is 83.2 Å². The van der Waals surface area contributed by atoms with Crippen LogP contribution in [0.1, 0.15) is 42.3 Å². The van der Waals surface area contributed by atoms with E-state index >= 15 is 0 Å². The lowest BCUT2D eigenvalue weighted by Gasteiger charge is -2.16. The van der Waals surface area contributed by atoms with Crippen LogP contribution in [0.25, 0.3) is 0 Å². The number of hydrogen-bond donors (Lipinski definition) is 3. The highest BCUT2D eigenvalue weighted by atomic mass is 16.5. The Hall–Kier alpha value is -2.76. The summed E-state index contributed by atoms with van der Waals surface area (Å²) in [5.41, 5.74) is 3.00. The normalized spacial score (nSPS) is 11.7. The van der Waals surface area contributed by atoms with E-state index in [1.165, 1.54) is 0 Å². The van der Waals surface area contributed by atoms with Crippen LogP contribution in [0.5, 0.6) is 5.75 Å². The van der Waals surface area contributed by atoms with Crippen LogP contribution in [-0.4, -0.2) is 17.6 Å². The van der Waals surface area contributed by atoms with Gasteiger partial charge in [0.25, 0.3) is 5.56 Å². The maximum atomic E-state index is 12.1. The smallest absolute Gasteiger partial charge is 0.315 e. The van der Waals surface area contributed by atoms with Crippen molar-refractivity contribution in [1.29, 1.82) is 0 Å². The molecular formula is C19H25N3O3. The van der Waals surface area contributed by atoms with Gasteiger partial charge in [-0.3, -0.25) is 4.79 Å². The number of aryl methyl sites for hydroxylation is 2. The minimum atomic E-state index is -0.325. The standard InChI is InChI=1S/C19H25N3O3/c1-5-25-16-8-6-7-15(10-16)14(4)22-19(24)20-11-17-12(2)9-13(3)21-18(17)23/h6-10,14H,5,11H2,1-4H3,(H,21,23)(H2,20,22,24)/t14-/m0/s1. The quantitative estimate of drug-likeness (QED) is 0.754. The first-order valence-electron chi connectivity index (χ1n) is 8.37. The van der Waals surface area contributed by atoms with E-state index in [9.17, 15) is 9.59 Å². The number of carbonyl (C=O) groups is 1. The zero-order chi connectivity index (χ0) is 18.4. The van der Waals surface area contributed by atoms with Gasteiger partial charge in [-0.1, -0.05) is 12.1 Å². The average molecular weight is 343 g/mol. The molecule has 2 aromatic rings. The number of rotatable bonds is 6. The molecule has 1 heterocycles. The molecule has 0 bridgehead atoms. The van der Waals surface area contributed by atoms with Crippen LogP contribution in [0.2, 0.25) is 0 Å². The SMILES string of the molecule is CCOc1cccc([C@H](C)NC(=O)NCc2c(C)cc(C)[nH]c2=O)c1. The van der Waals surface area contributed by atoms with E-state index in [0.29, 0.717) is 12.2 Å². The summed E-state index contributed by atoms with van der Waals surface area (Å²) in [6.45, 7) is 8.29. The number of hydrogen-bond acceptors (Lipinski definition) is 3. The van der Waals surface area contributed by atoms with Gasteiger partial charge < -0.3 is 20.4 Å². The molecule has 1 aromatic heterocycles. The van der Waals surface area contributed by atoms with Gasteiger partial charge in [0, 0.05) is 11.3 Å². The molecule has 2 rings (SSSR count). The molecule has 0 spiro atoms. The maximum absolute atomic E-state index is 12.1. The van der Waals surface area contributed by atoms with Crippen molar-refractivity contribution in [2.75, 3.05) is 6.61 Å². The minimum absolute atomic E-state index is 0.171. The third-order valence-electron chi connectivity index (χ3n) is 3.94.